The van der Waals surface area contributed by atoms with Crippen molar-refractivity contribution >= 4 is 12.1 Å². The third kappa shape index (κ3) is 6.28. The molecule has 1 aromatic heterocycles. The molecule has 25 heavy (non-hydrogen) atoms. The zero-order valence-corrected chi connectivity index (χ0v) is 14.7. The van der Waals surface area contributed by atoms with Crippen LogP contribution in [0.25, 0.3) is 0 Å². The molecule has 0 unspecified atom stereocenters. The zero-order valence-electron chi connectivity index (χ0n) is 14.7. The Morgan fingerprint density at radius 3 is 2.48 bits per heavy atom. The van der Waals surface area contributed by atoms with Crippen molar-refractivity contribution < 1.29 is 14.3 Å². The van der Waals surface area contributed by atoms with Gasteiger partial charge >= 0.3 is 0 Å². The number of carbonyl (C=O) groups is 1. The van der Waals surface area contributed by atoms with Gasteiger partial charge in [-0.15, -0.1) is 0 Å². The molecule has 0 aliphatic rings. The summed E-state index contributed by atoms with van der Waals surface area (Å²) >= 11 is 0. The Morgan fingerprint density at radius 2 is 1.92 bits per heavy atom. The van der Waals surface area contributed by atoms with Crippen LogP contribution in [0.15, 0.2) is 36.5 Å². The number of nitrogens with two attached hydrogens (primary N) is 2. The lowest BCUT2D eigenvalue weighted by molar-refractivity contribution is -0.109. The van der Waals surface area contributed by atoms with E-state index in [2.05, 4.69) is 10.8 Å². The minimum Gasteiger partial charge on any atom is -0.493 e. The summed E-state index contributed by atoms with van der Waals surface area (Å²) in [6.07, 6.45) is 2.15. The van der Waals surface area contributed by atoms with Crippen LogP contribution in [0.4, 0.5) is 5.69 Å². The second-order valence-electron chi connectivity index (χ2n) is 4.96. The summed E-state index contributed by atoms with van der Waals surface area (Å²) in [5.74, 6) is 11.8. The highest BCUT2D eigenvalue weighted by atomic mass is 16.5. The minimum atomic E-state index is 0.375. The molecule has 1 heterocycles. The number of ether oxygens (including phenoxy) is 2. The van der Waals surface area contributed by atoms with Gasteiger partial charge in [0, 0.05) is 13.2 Å². The van der Waals surface area contributed by atoms with Crippen LogP contribution in [0.1, 0.15) is 18.2 Å². The maximum Gasteiger partial charge on any atom is 0.221 e. The number of carbonyl (C=O) groups excluding carboxylic acids is 1. The summed E-state index contributed by atoms with van der Waals surface area (Å²) in [5.41, 5.74) is 4.41. The minimum absolute atomic E-state index is 0.375. The fourth-order valence-corrected chi connectivity index (χ4v) is 2.09. The van der Waals surface area contributed by atoms with Gasteiger partial charge in [0.2, 0.25) is 6.41 Å². The van der Waals surface area contributed by atoms with E-state index in [-0.39, 0.29) is 0 Å². The molecule has 0 spiro atoms. The molecule has 0 fully saturated rings. The number of aryl methyl sites for hydroxylation is 1. The molecule has 1 amide bonds. The largest absolute Gasteiger partial charge is 0.493 e. The Bertz CT molecular complexity index is 664. The van der Waals surface area contributed by atoms with Crippen molar-refractivity contribution in [1.29, 1.82) is 0 Å². The van der Waals surface area contributed by atoms with Gasteiger partial charge in [-0.3, -0.25) is 15.2 Å². The number of hydrogen-bond donors (Lipinski definition) is 3. The average Bonchev–Trinajstić information content (AvgIpc) is 2.62. The van der Waals surface area contributed by atoms with Gasteiger partial charge in [0.15, 0.2) is 0 Å². The average molecular weight is 347 g/mol. The maximum atomic E-state index is 8.94. The second kappa shape index (κ2) is 10.8. The summed E-state index contributed by atoms with van der Waals surface area (Å²) in [4.78, 5) is 13.2. The molecular weight excluding hydrogens is 322 g/mol. The molecule has 136 valence electrons. The first-order valence-electron chi connectivity index (χ1n) is 7.72. The Hall–Kier alpha value is -2.84. The molecule has 0 aliphatic heterocycles. The monoisotopic (exact) mass is 347 g/mol. The van der Waals surface area contributed by atoms with E-state index in [9.17, 15) is 0 Å². The highest BCUT2D eigenvalue weighted by Gasteiger charge is 2.13. The number of amides is 1. The number of benzene rings is 1. The first kappa shape index (κ1) is 20.2. The molecule has 0 atom stereocenters. The summed E-state index contributed by atoms with van der Waals surface area (Å²) in [6.45, 7) is 4.84. The van der Waals surface area contributed by atoms with E-state index in [0.717, 1.165) is 28.4 Å². The van der Waals surface area contributed by atoms with Crippen molar-refractivity contribution in [1.82, 2.24) is 10.4 Å². The van der Waals surface area contributed by atoms with Crippen molar-refractivity contribution in [3.05, 3.63) is 47.8 Å². The lowest BCUT2D eigenvalue weighted by Crippen LogP contribution is -2.26. The Kier molecular flexibility index (Phi) is 8.77. The summed E-state index contributed by atoms with van der Waals surface area (Å²) in [6, 6.07) is 9.54. The molecule has 0 saturated heterocycles. The first-order valence-corrected chi connectivity index (χ1v) is 7.72. The molecule has 2 rings (SSSR count). The summed E-state index contributed by atoms with van der Waals surface area (Å²) in [7, 11) is 1.80. The van der Waals surface area contributed by atoms with Crippen molar-refractivity contribution in [2.45, 2.75) is 20.5 Å². The summed E-state index contributed by atoms with van der Waals surface area (Å²) < 4.78 is 11.5. The van der Waals surface area contributed by atoms with Crippen LogP contribution in [0.2, 0.25) is 0 Å². The lowest BCUT2D eigenvalue weighted by atomic mass is 10.1. The van der Waals surface area contributed by atoms with Gasteiger partial charge in [-0.25, -0.2) is 11.7 Å². The van der Waals surface area contributed by atoms with Crippen LogP contribution in [0.5, 0.6) is 11.5 Å². The van der Waals surface area contributed by atoms with Gasteiger partial charge in [0.1, 0.15) is 18.1 Å². The van der Waals surface area contributed by atoms with Crippen LogP contribution in [-0.2, 0) is 11.4 Å². The molecular formula is C17H25N5O3. The number of nitrogens with one attached hydrogen (secondary N) is 1. The number of pyridine rings is 1. The number of hydrogen-bond acceptors (Lipinski definition) is 7. The molecule has 1 aromatic carbocycles. The first-order chi connectivity index (χ1) is 12.0. The van der Waals surface area contributed by atoms with E-state index in [4.69, 9.17) is 20.1 Å². The van der Waals surface area contributed by atoms with Gasteiger partial charge in [-0.2, -0.15) is 0 Å². The standard InChI is InChI=1S/C16H21N3O2.CH4N2O/c1-4-20-16-8-5-7-14(19(3)17)13(16)11-21-15-9-6-10-18-12(15)2;2-3-1-4/h5-10H,4,11,17H2,1-3H3;1H,2H2,(H,3,4). The zero-order chi connectivity index (χ0) is 18.7. The SMILES string of the molecule is CCOc1cccc(N(C)N)c1COc1cccnc1C.NNC=O. The van der Waals surface area contributed by atoms with Crippen LogP contribution in [0, 0.1) is 6.92 Å². The van der Waals surface area contributed by atoms with E-state index >= 15 is 0 Å². The smallest absolute Gasteiger partial charge is 0.221 e. The molecule has 2 aromatic rings. The van der Waals surface area contributed by atoms with Crippen molar-refractivity contribution in [3.8, 4) is 11.5 Å². The van der Waals surface area contributed by atoms with E-state index in [1.807, 2.05) is 44.2 Å². The third-order valence-corrected chi connectivity index (χ3v) is 3.19. The van der Waals surface area contributed by atoms with Gasteiger partial charge in [0.05, 0.1) is 23.6 Å². The van der Waals surface area contributed by atoms with E-state index in [1.165, 1.54) is 0 Å². The predicted molar refractivity (Wildman–Crippen MR) is 96.9 cm³/mol. The fourth-order valence-electron chi connectivity index (χ4n) is 2.09. The number of aromatic nitrogens is 1. The van der Waals surface area contributed by atoms with Gasteiger partial charge in [-0.1, -0.05) is 6.07 Å². The highest BCUT2D eigenvalue weighted by molar-refractivity contribution is 5.58. The van der Waals surface area contributed by atoms with Crippen LogP contribution in [-0.4, -0.2) is 25.0 Å². The Morgan fingerprint density at radius 1 is 1.24 bits per heavy atom. The van der Waals surface area contributed by atoms with E-state index in [1.54, 1.807) is 23.7 Å². The summed E-state index contributed by atoms with van der Waals surface area (Å²) in [5, 5.41) is 1.57. The molecule has 8 nitrogen and oxygen atoms in total. The van der Waals surface area contributed by atoms with Gasteiger partial charge < -0.3 is 14.5 Å². The topological polar surface area (TPSA) is 116 Å². The number of rotatable bonds is 7. The third-order valence-electron chi connectivity index (χ3n) is 3.19. The number of anilines is 1. The van der Waals surface area contributed by atoms with Crippen LogP contribution in [0.3, 0.4) is 0 Å². The van der Waals surface area contributed by atoms with Gasteiger partial charge in [-0.05, 0) is 38.1 Å². The van der Waals surface area contributed by atoms with E-state index in [0.29, 0.717) is 19.6 Å². The molecule has 0 saturated carbocycles. The molecule has 0 radical (unpaired) electrons. The van der Waals surface area contributed by atoms with Crippen molar-refractivity contribution in [2.24, 2.45) is 11.7 Å². The Balaban J connectivity index is 0.000000705. The second-order valence-corrected chi connectivity index (χ2v) is 4.96. The number of hydrazine groups is 2. The predicted octanol–water partition coefficient (Wildman–Crippen LogP) is 1.28. The molecule has 0 aliphatic carbocycles. The normalized spacial score (nSPS) is 9.48. The molecule has 8 heteroatoms. The van der Waals surface area contributed by atoms with Crippen molar-refractivity contribution in [2.75, 3.05) is 18.7 Å². The Labute approximate surface area is 147 Å². The van der Waals surface area contributed by atoms with Crippen LogP contribution < -0.4 is 31.6 Å². The molecule has 5 N–H and O–H groups in total. The van der Waals surface area contributed by atoms with E-state index < -0.39 is 0 Å². The van der Waals surface area contributed by atoms with Gasteiger partial charge in [0.25, 0.3) is 0 Å². The number of nitrogens with zero attached hydrogens (tertiary/aromatic N) is 2. The lowest BCUT2D eigenvalue weighted by Gasteiger charge is -2.20. The quantitative estimate of drug-likeness (QED) is 0.299. The van der Waals surface area contributed by atoms with Crippen molar-refractivity contribution in [3.63, 3.8) is 0 Å². The maximum absolute atomic E-state index is 8.94. The fraction of sp³-hybridized carbons (Fsp3) is 0.294. The highest BCUT2D eigenvalue weighted by Crippen LogP contribution is 2.29. The van der Waals surface area contributed by atoms with Crippen LogP contribution >= 0.6 is 0 Å². The molecule has 0 bridgehead atoms.